The molecule has 104 valence electrons. The molecule has 0 atom stereocenters. The molecule has 0 unspecified atom stereocenters. The first-order valence-electron chi connectivity index (χ1n) is 6.05. The predicted molar refractivity (Wildman–Crippen MR) is 72.7 cm³/mol. The largest absolute Gasteiger partial charge is 0.395 e. The molecule has 0 fully saturated rings. The van der Waals surface area contributed by atoms with Crippen LogP contribution in [0.3, 0.4) is 0 Å². The number of ketones is 1. The number of carbonyl (C=O) groups is 1. The van der Waals surface area contributed by atoms with Gasteiger partial charge in [-0.05, 0) is 26.8 Å². The second kappa shape index (κ2) is 6.29. The highest BCUT2D eigenvalue weighted by molar-refractivity contribution is 6.00. The van der Waals surface area contributed by atoms with E-state index in [4.69, 9.17) is 5.11 Å². The summed E-state index contributed by atoms with van der Waals surface area (Å²) in [5.74, 6) is -0.234. The normalized spacial score (nSPS) is 10.6. The highest BCUT2D eigenvalue weighted by Crippen LogP contribution is 2.27. The summed E-state index contributed by atoms with van der Waals surface area (Å²) in [5, 5.41) is 19.8. The Morgan fingerprint density at radius 3 is 2.53 bits per heavy atom. The molecule has 0 aliphatic carbocycles. The van der Waals surface area contributed by atoms with E-state index in [1.807, 2.05) is 18.7 Å². The van der Waals surface area contributed by atoms with Gasteiger partial charge in [0.05, 0.1) is 11.5 Å². The van der Waals surface area contributed by atoms with Crippen LogP contribution in [0.25, 0.3) is 0 Å². The highest BCUT2D eigenvalue weighted by atomic mass is 16.6. The van der Waals surface area contributed by atoms with Crippen LogP contribution < -0.4 is 4.90 Å². The molecule has 0 amide bonds. The Hall–Kier alpha value is -1.95. The molecule has 1 N–H and O–H groups in total. The topological polar surface area (TPSA) is 83.7 Å². The van der Waals surface area contributed by atoms with Crippen LogP contribution in [-0.2, 0) is 0 Å². The van der Waals surface area contributed by atoms with Crippen molar-refractivity contribution >= 4 is 17.2 Å². The van der Waals surface area contributed by atoms with Crippen molar-refractivity contribution in [3.05, 3.63) is 33.9 Å². The van der Waals surface area contributed by atoms with E-state index in [1.54, 1.807) is 6.07 Å². The third-order valence-corrected chi connectivity index (χ3v) is 2.84. The number of carbonyl (C=O) groups excluding carboxylic acids is 1. The van der Waals surface area contributed by atoms with Gasteiger partial charge < -0.3 is 10.0 Å². The van der Waals surface area contributed by atoms with E-state index in [0.717, 1.165) is 0 Å². The Kier molecular flexibility index (Phi) is 5.00. The minimum Gasteiger partial charge on any atom is -0.395 e. The summed E-state index contributed by atoms with van der Waals surface area (Å²) in [6, 6.07) is 4.29. The molecule has 0 radical (unpaired) electrons. The summed E-state index contributed by atoms with van der Waals surface area (Å²) in [6.07, 6.45) is 0. The Labute approximate surface area is 111 Å². The monoisotopic (exact) mass is 266 g/mol. The Bertz CT molecular complexity index is 486. The van der Waals surface area contributed by atoms with E-state index >= 15 is 0 Å². The molecule has 6 heteroatoms. The number of benzene rings is 1. The summed E-state index contributed by atoms with van der Waals surface area (Å²) in [5.41, 5.74) is 0.806. The smallest absolute Gasteiger partial charge is 0.270 e. The van der Waals surface area contributed by atoms with Gasteiger partial charge in [-0.3, -0.25) is 14.9 Å². The van der Waals surface area contributed by atoms with E-state index in [1.165, 1.54) is 19.1 Å². The van der Waals surface area contributed by atoms with Crippen molar-refractivity contribution in [3.63, 3.8) is 0 Å². The molecular formula is C13H18N2O4. The van der Waals surface area contributed by atoms with Gasteiger partial charge in [-0.15, -0.1) is 0 Å². The molecule has 0 heterocycles. The standard InChI is InChI=1S/C13H18N2O4/c1-9(2)14(6-7-16)13-5-4-11(15(18)19)8-12(13)10(3)17/h4-5,8-9,16H,6-7H2,1-3H3. The molecule has 0 saturated heterocycles. The molecule has 0 bridgehead atoms. The Morgan fingerprint density at radius 1 is 1.47 bits per heavy atom. The third-order valence-electron chi connectivity index (χ3n) is 2.84. The summed E-state index contributed by atoms with van der Waals surface area (Å²) in [4.78, 5) is 23.7. The Balaban J connectivity index is 3.32. The maximum Gasteiger partial charge on any atom is 0.270 e. The van der Waals surface area contributed by atoms with Crippen LogP contribution in [-0.4, -0.2) is 35.0 Å². The number of hydrogen-bond acceptors (Lipinski definition) is 5. The van der Waals surface area contributed by atoms with Gasteiger partial charge in [0.2, 0.25) is 0 Å². The van der Waals surface area contributed by atoms with Crippen molar-refractivity contribution in [1.29, 1.82) is 0 Å². The number of hydrogen-bond donors (Lipinski definition) is 1. The van der Waals surface area contributed by atoms with Crippen LogP contribution in [0.15, 0.2) is 18.2 Å². The molecular weight excluding hydrogens is 248 g/mol. The fraction of sp³-hybridized carbons (Fsp3) is 0.462. The molecule has 0 aliphatic rings. The average molecular weight is 266 g/mol. The van der Waals surface area contributed by atoms with Crippen LogP contribution in [0.5, 0.6) is 0 Å². The lowest BCUT2D eigenvalue weighted by atomic mass is 10.1. The lowest BCUT2D eigenvalue weighted by molar-refractivity contribution is -0.384. The van der Waals surface area contributed by atoms with Gasteiger partial charge in [0.1, 0.15) is 0 Å². The van der Waals surface area contributed by atoms with Crippen LogP contribution in [0, 0.1) is 10.1 Å². The molecule has 6 nitrogen and oxygen atoms in total. The van der Waals surface area contributed by atoms with Gasteiger partial charge in [0.25, 0.3) is 5.69 Å². The van der Waals surface area contributed by atoms with E-state index in [9.17, 15) is 14.9 Å². The van der Waals surface area contributed by atoms with E-state index < -0.39 is 4.92 Å². The molecule has 1 rings (SSSR count). The average Bonchev–Trinajstić information content (AvgIpc) is 2.34. The molecule has 1 aromatic carbocycles. The number of nitro benzene ring substituents is 1. The predicted octanol–water partition coefficient (Wildman–Crippen LogP) is 2.00. The number of rotatable bonds is 6. The number of aliphatic hydroxyl groups excluding tert-OH is 1. The molecule has 0 aromatic heterocycles. The SMILES string of the molecule is CC(=O)c1cc([N+](=O)[O-])ccc1N(CCO)C(C)C. The molecule has 1 aromatic rings. The van der Waals surface area contributed by atoms with Crippen molar-refractivity contribution in [2.24, 2.45) is 0 Å². The van der Waals surface area contributed by atoms with Crippen LogP contribution in [0.2, 0.25) is 0 Å². The van der Waals surface area contributed by atoms with E-state index in [0.29, 0.717) is 17.8 Å². The summed E-state index contributed by atoms with van der Waals surface area (Å²) in [7, 11) is 0. The number of nitro groups is 1. The molecule has 19 heavy (non-hydrogen) atoms. The second-order valence-electron chi connectivity index (χ2n) is 4.53. The minimum absolute atomic E-state index is 0.0491. The first kappa shape index (κ1) is 15.1. The fourth-order valence-corrected chi connectivity index (χ4v) is 1.93. The van der Waals surface area contributed by atoms with Crippen molar-refractivity contribution in [2.75, 3.05) is 18.1 Å². The lowest BCUT2D eigenvalue weighted by Gasteiger charge is -2.29. The Morgan fingerprint density at radius 2 is 2.11 bits per heavy atom. The number of anilines is 1. The summed E-state index contributed by atoms with van der Waals surface area (Å²) < 4.78 is 0. The zero-order chi connectivity index (χ0) is 14.6. The zero-order valence-corrected chi connectivity index (χ0v) is 11.3. The van der Waals surface area contributed by atoms with Gasteiger partial charge >= 0.3 is 0 Å². The van der Waals surface area contributed by atoms with Gasteiger partial charge in [-0.1, -0.05) is 0 Å². The number of non-ortho nitro benzene ring substituents is 1. The lowest BCUT2D eigenvalue weighted by Crippen LogP contribution is -2.34. The summed E-state index contributed by atoms with van der Waals surface area (Å²) in [6.45, 7) is 5.56. The van der Waals surface area contributed by atoms with E-state index in [2.05, 4.69) is 0 Å². The molecule has 0 spiro atoms. The quantitative estimate of drug-likeness (QED) is 0.483. The van der Waals surface area contributed by atoms with E-state index in [-0.39, 0.29) is 24.1 Å². The number of Topliss-reactive ketones (excluding diaryl/α,β-unsaturated/α-hetero) is 1. The van der Waals surface area contributed by atoms with Gasteiger partial charge in [-0.25, -0.2) is 0 Å². The third kappa shape index (κ3) is 3.51. The molecule has 0 saturated carbocycles. The van der Waals surface area contributed by atoms with Gasteiger partial charge in [0, 0.05) is 36.0 Å². The van der Waals surface area contributed by atoms with Crippen molar-refractivity contribution in [1.82, 2.24) is 0 Å². The highest BCUT2D eigenvalue weighted by Gasteiger charge is 2.19. The molecule has 0 aliphatic heterocycles. The maximum absolute atomic E-state index is 11.7. The van der Waals surface area contributed by atoms with Gasteiger partial charge in [-0.2, -0.15) is 0 Å². The van der Waals surface area contributed by atoms with Crippen molar-refractivity contribution in [2.45, 2.75) is 26.8 Å². The van der Waals surface area contributed by atoms with Crippen LogP contribution in [0.1, 0.15) is 31.1 Å². The number of aliphatic hydroxyl groups is 1. The fourth-order valence-electron chi connectivity index (χ4n) is 1.93. The first-order chi connectivity index (χ1) is 8.88. The summed E-state index contributed by atoms with van der Waals surface area (Å²) >= 11 is 0. The van der Waals surface area contributed by atoms with Crippen molar-refractivity contribution in [3.8, 4) is 0 Å². The maximum atomic E-state index is 11.7. The number of nitrogens with zero attached hydrogens (tertiary/aromatic N) is 2. The van der Waals surface area contributed by atoms with Gasteiger partial charge in [0.15, 0.2) is 5.78 Å². The first-order valence-corrected chi connectivity index (χ1v) is 6.05. The second-order valence-corrected chi connectivity index (χ2v) is 4.53. The minimum atomic E-state index is -0.526. The van der Waals surface area contributed by atoms with Crippen LogP contribution >= 0.6 is 0 Å². The van der Waals surface area contributed by atoms with Crippen LogP contribution in [0.4, 0.5) is 11.4 Å². The van der Waals surface area contributed by atoms with Crippen molar-refractivity contribution < 1.29 is 14.8 Å². The zero-order valence-electron chi connectivity index (χ0n) is 11.3.